The van der Waals surface area contributed by atoms with E-state index in [0.717, 1.165) is 22.3 Å². The van der Waals surface area contributed by atoms with Crippen LogP contribution in [-0.2, 0) is 22.6 Å². The van der Waals surface area contributed by atoms with Crippen molar-refractivity contribution in [1.29, 1.82) is 0 Å². The smallest absolute Gasteiger partial charge is 0.242 e. The van der Waals surface area contributed by atoms with E-state index in [2.05, 4.69) is 11.4 Å². The molecule has 0 aliphatic heterocycles. The first-order valence-corrected chi connectivity index (χ1v) is 10.4. The van der Waals surface area contributed by atoms with Crippen LogP contribution in [0, 0.1) is 19.8 Å². The summed E-state index contributed by atoms with van der Waals surface area (Å²) in [4.78, 5) is 27.5. The van der Waals surface area contributed by atoms with E-state index in [0.29, 0.717) is 24.0 Å². The van der Waals surface area contributed by atoms with Crippen LogP contribution >= 0.6 is 11.6 Å². The standard InChI is InChI=1S/C24H31ClN2O2/c1-16(2)14-26-24(29)19(5)27(15-20-7-6-8-22(25)12-20)23(28)13-21-10-17(3)9-18(4)11-21/h6-12,16,19H,13-15H2,1-5H3,(H,26,29). The maximum atomic E-state index is 13.2. The molecule has 0 spiro atoms. The summed E-state index contributed by atoms with van der Waals surface area (Å²) in [5.41, 5.74) is 4.10. The third-order valence-corrected chi connectivity index (χ3v) is 4.97. The van der Waals surface area contributed by atoms with Crippen molar-refractivity contribution < 1.29 is 9.59 Å². The van der Waals surface area contributed by atoms with Gasteiger partial charge in [0.1, 0.15) is 6.04 Å². The molecule has 5 heteroatoms. The molecule has 0 heterocycles. The number of hydrogen-bond donors (Lipinski definition) is 1. The van der Waals surface area contributed by atoms with Gasteiger partial charge in [-0.15, -0.1) is 0 Å². The van der Waals surface area contributed by atoms with Crippen LogP contribution in [-0.4, -0.2) is 29.3 Å². The minimum Gasteiger partial charge on any atom is -0.354 e. The molecular formula is C24H31ClN2O2. The van der Waals surface area contributed by atoms with Crippen LogP contribution in [0.25, 0.3) is 0 Å². The van der Waals surface area contributed by atoms with Gasteiger partial charge >= 0.3 is 0 Å². The van der Waals surface area contributed by atoms with Gasteiger partial charge in [-0.1, -0.05) is 66.9 Å². The monoisotopic (exact) mass is 414 g/mol. The van der Waals surface area contributed by atoms with Crippen molar-refractivity contribution >= 4 is 23.4 Å². The first-order chi connectivity index (χ1) is 13.7. The van der Waals surface area contributed by atoms with Gasteiger partial charge in [0.05, 0.1) is 6.42 Å². The summed E-state index contributed by atoms with van der Waals surface area (Å²) in [6.07, 6.45) is 0.255. The first kappa shape index (κ1) is 23.0. The largest absolute Gasteiger partial charge is 0.354 e. The fourth-order valence-corrected chi connectivity index (χ4v) is 3.53. The van der Waals surface area contributed by atoms with E-state index in [4.69, 9.17) is 11.6 Å². The predicted molar refractivity (Wildman–Crippen MR) is 119 cm³/mol. The Bertz CT molecular complexity index is 843. The highest BCUT2D eigenvalue weighted by Gasteiger charge is 2.26. The second-order valence-electron chi connectivity index (χ2n) is 8.14. The second-order valence-corrected chi connectivity index (χ2v) is 8.58. The van der Waals surface area contributed by atoms with Gasteiger partial charge in [-0.05, 0) is 49.9 Å². The predicted octanol–water partition coefficient (Wildman–Crippen LogP) is 4.69. The molecule has 0 aliphatic rings. The number of carbonyl (C=O) groups excluding carboxylic acids is 2. The van der Waals surface area contributed by atoms with Gasteiger partial charge in [0, 0.05) is 18.1 Å². The number of nitrogens with one attached hydrogen (secondary N) is 1. The SMILES string of the molecule is Cc1cc(C)cc(CC(=O)N(Cc2cccc(Cl)c2)C(C)C(=O)NCC(C)C)c1. The number of halogens is 1. The molecule has 156 valence electrons. The Labute approximate surface area is 179 Å². The molecule has 1 unspecified atom stereocenters. The lowest BCUT2D eigenvalue weighted by Crippen LogP contribution is -2.48. The molecule has 29 heavy (non-hydrogen) atoms. The molecule has 0 radical (unpaired) electrons. The molecule has 2 amide bonds. The molecule has 0 aliphatic carbocycles. The zero-order valence-corrected chi connectivity index (χ0v) is 18.7. The van der Waals surface area contributed by atoms with Gasteiger partial charge in [0.2, 0.25) is 11.8 Å². The van der Waals surface area contributed by atoms with Gasteiger partial charge in [-0.25, -0.2) is 0 Å². The van der Waals surface area contributed by atoms with Crippen molar-refractivity contribution in [3.8, 4) is 0 Å². The van der Waals surface area contributed by atoms with Crippen molar-refractivity contribution in [2.45, 2.75) is 53.6 Å². The number of nitrogens with zero attached hydrogens (tertiary/aromatic N) is 1. The number of carbonyl (C=O) groups is 2. The summed E-state index contributed by atoms with van der Waals surface area (Å²) in [7, 11) is 0. The lowest BCUT2D eigenvalue weighted by atomic mass is 10.0. The molecule has 0 saturated heterocycles. The Morgan fingerprint density at radius 2 is 1.66 bits per heavy atom. The van der Waals surface area contributed by atoms with Crippen LogP contribution in [0.3, 0.4) is 0 Å². The van der Waals surface area contributed by atoms with Crippen molar-refractivity contribution in [2.75, 3.05) is 6.54 Å². The Balaban J connectivity index is 2.24. The average molecular weight is 415 g/mol. The van der Waals surface area contributed by atoms with Crippen molar-refractivity contribution in [3.63, 3.8) is 0 Å². The number of hydrogen-bond acceptors (Lipinski definition) is 2. The number of amides is 2. The van der Waals surface area contributed by atoms with E-state index in [9.17, 15) is 9.59 Å². The van der Waals surface area contributed by atoms with E-state index >= 15 is 0 Å². The van der Waals surface area contributed by atoms with E-state index in [-0.39, 0.29) is 18.2 Å². The number of benzene rings is 2. The number of aryl methyl sites for hydroxylation is 2. The molecule has 1 N–H and O–H groups in total. The van der Waals surface area contributed by atoms with Gasteiger partial charge in [0.15, 0.2) is 0 Å². The molecule has 4 nitrogen and oxygen atoms in total. The summed E-state index contributed by atoms with van der Waals surface area (Å²) < 4.78 is 0. The van der Waals surface area contributed by atoms with Gasteiger partial charge in [0.25, 0.3) is 0 Å². The minimum absolute atomic E-state index is 0.0813. The zero-order chi connectivity index (χ0) is 21.6. The lowest BCUT2D eigenvalue weighted by Gasteiger charge is -2.29. The highest BCUT2D eigenvalue weighted by Crippen LogP contribution is 2.17. The van der Waals surface area contributed by atoms with Crippen molar-refractivity contribution in [2.24, 2.45) is 5.92 Å². The molecule has 2 aromatic rings. The summed E-state index contributed by atoms with van der Waals surface area (Å²) in [6, 6.07) is 12.9. The normalized spacial score (nSPS) is 12.0. The highest BCUT2D eigenvalue weighted by molar-refractivity contribution is 6.30. The summed E-state index contributed by atoms with van der Waals surface area (Å²) >= 11 is 6.12. The molecule has 0 saturated carbocycles. The molecule has 2 rings (SSSR count). The van der Waals surface area contributed by atoms with Gasteiger partial charge in [-0.3, -0.25) is 9.59 Å². The third kappa shape index (κ3) is 7.21. The topological polar surface area (TPSA) is 49.4 Å². The lowest BCUT2D eigenvalue weighted by molar-refractivity contribution is -0.140. The summed E-state index contributed by atoms with van der Waals surface area (Å²) in [5, 5.41) is 3.55. The Morgan fingerprint density at radius 1 is 1.00 bits per heavy atom. The van der Waals surface area contributed by atoms with Crippen LogP contribution in [0.2, 0.25) is 5.02 Å². The number of rotatable bonds is 8. The van der Waals surface area contributed by atoms with E-state index in [1.54, 1.807) is 17.9 Å². The van der Waals surface area contributed by atoms with Crippen molar-refractivity contribution in [3.05, 3.63) is 69.7 Å². The van der Waals surface area contributed by atoms with Gasteiger partial charge in [-0.2, -0.15) is 0 Å². The van der Waals surface area contributed by atoms with Crippen LogP contribution < -0.4 is 5.32 Å². The zero-order valence-electron chi connectivity index (χ0n) is 18.0. The molecule has 2 aromatic carbocycles. The van der Waals surface area contributed by atoms with Crippen molar-refractivity contribution in [1.82, 2.24) is 10.2 Å². The summed E-state index contributed by atoms with van der Waals surface area (Å²) in [6.45, 7) is 10.8. The van der Waals surface area contributed by atoms with E-state index < -0.39 is 6.04 Å². The maximum Gasteiger partial charge on any atom is 0.242 e. The Hall–Kier alpha value is -2.33. The van der Waals surface area contributed by atoms with Crippen LogP contribution in [0.1, 0.15) is 43.0 Å². The van der Waals surface area contributed by atoms with Crippen LogP contribution in [0.4, 0.5) is 0 Å². The average Bonchev–Trinajstić information content (AvgIpc) is 2.62. The third-order valence-electron chi connectivity index (χ3n) is 4.73. The maximum absolute atomic E-state index is 13.2. The van der Waals surface area contributed by atoms with Crippen LogP contribution in [0.15, 0.2) is 42.5 Å². The molecular weight excluding hydrogens is 384 g/mol. The molecule has 0 aromatic heterocycles. The fourth-order valence-electron chi connectivity index (χ4n) is 3.31. The molecule has 0 fully saturated rings. The van der Waals surface area contributed by atoms with Crippen LogP contribution in [0.5, 0.6) is 0 Å². The fraction of sp³-hybridized carbons (Fsp3) is 0.417. The van der Waals surface area contributed by atoms with E-state index in [1.165, 1.54) is 0 Å². The Kier molecular flexibility index (Phi) is 8.27. The first-order valence-electron chi connectivity index (χ1n) is 10.0. The minimum atomic E-state index is -0.578. The second kappa shape index (κ2) is 10.4. The Morgan fingerprint density at radius 3 is 2.24 bits per heavy atom. The quantitative estimate of drug-likeness (QED) is 0.681. The highest BCUT2D eigenvalue weighted by atomic mass is 35.5. The molecule has 0 bridgehead atoms. The summed E-state index contributed by atoms with van der Waals surface area (Å²) in [5.74, 6) is 0.121. The van der Waals surface area contributed by atoms with Gasteiger partial charge < -0.3 is 10.2 Å². The molecule has 1 atom stereocenters. The van der Waals surface area contributed by atoms with E-state index in [1.807, 2.05) is 58.0 Å².